The van der Waals surface area contributed by atoms with Gasteiger partial charge in [0.15, 0.2) is 11.5 Å². The lowest BCUT2D eigenvalue weighted by Crippen LogP contribution is -2.04. The molecule has 2 rings (SSSR count). The summed E-state index contributed by atoms with van der Waals surface area (Å²) in [4.78, 5) is 12.3. The van der Waals surface area contributed by atoms with Gasteiger partial charge in [-0.05, 0) is 35.9 Å². The molecule has 0 atom stereocenters. The van der Waals surface area contributed by atoms with Crippen LogP contribution in [0.4, 0.5) is 4.39 Å². The fourth-order valence-electron chi connectivity index (χ4n) is 2.05. The number of ether oxygens (including phenoxy) is 2. The summed E-state index contributed by atoms with van der Waals surface area (Å²) in [5.41, 5.74) is 0.270. The number of rotatable bonds is 5. The van der Waals surface area contributed by atoms with Crippen LogP contribution in [0.25, 0.3) is 6.08 Å². The number of nitriles is 1. The van der Waals surface area contributed by atoms with E-state index in [4.69, 9.17) is 9.47 Å². The van der Waals surface area contributed by atoms with Gasteiger partial charge in [0, 0.05) is 0 Å². The van der Waals surface area contributed by atoms with Gasteiger partial charge in [-0.25, -0.2) is 4.39 Å². The number of benzene rings is 2. The molecule has 0 heterocycles. The molecule has 0 aliphatic heterocycles. The molecule has 0 spiro atoms. The Balaban J connectivity index is 2.42. The molecule has 0 saturated heterocycles. The highest BCUT2D eigenvalue weighted by Gasteiger charge is 2.16. The van der Waals surface area contributed by atoms with Crippen molar-refractivity contribution >= 4 is 11.9 Å². The smallest absolute Gasteiger partial charge is 0.206 e. The topological polar surface area (TPSA) is 59.3 Å². The normalized spacial score (nSPS) is 10.8. The molecule has 0 aliphatic rings. The quantitative estimate of drug-likeness (QED) is 0.480. The summed E-state index contributed by atoms with van der Waals surface area (Å²) in [6.45, 7) is 0. The Bertz CT molecular complexity index is 806. The molecular weight excluding hydrogens is 297 g/mol. The highest BCUT2D eigenvalue weighted by molar-refractivity contribution is 6.14. The molecule has 0 fully saturated rings. The van der Waals surface area contributed by atoms with Crippen molar-refractivity contribution in [2.45, 2.75) is 0 Å². The Morgan fingerprint density at radius 3 is 2.43 bits per heavy atom. The summed E-state index contributed by atoms with van der Waals surface area (Å²) in [6, 6.07) is 12.3. The maximum atomic E-state index is 13.7. The fraction of sp³-hybridized carbons (Fsp3) is 0.111. The first-order valence-electron chi connectivity index (χ1n) is 6.73. The summed E-state index contributed by atoms with van der Waals surface area (Å²) >= 11 is 0. The lowest BCUT2D eigenvalue weighted by molar-refractivity contribution is 0.103. The van der Waals surface area contributed by atoms with E-state index >= 15 is 0 Å². The van der Waals surface area contributed by atoms with Crippen molar-refractivity contribution in [3.05, 3.63) is 65.0 Å². The number of ketones is 1. The Hall–Kier alpha value is -3.13. The lowest BCUT2D eigenvalue weighted by atomic mass is 10.0. The molecule has 2 aromatic rings. The molecule has 0 saturated carbocycles. The molecule has 0 amide bonds. The first-order valence-corrected chi connectivity index (χ1v) is 6.73. The van der Waals surface area contributed by atoms with Crippen LogP contribution in [0.2, 0.25) is 0 Å². The van der Waals surface area contributed by atoms with Crippen LogP contribution in [0.3, 0.4) is 0 Å². The maximum Gasteiger partial charge on any atom is 0.206 e. The molecule has 0 radical (unpaired) electrons. The molecule has 0 bridgehead atoms. The lowest BCUT2D eigenvalue weighted by Gasteiger charge is -2.08. The number of halogens is 1. The van der Waals surface area contributed by atoms with E-state index in [0.717, 1.165) is 0 Å². The zero-order valence-corrected chi connectivity index (χ0v) is 12.7. The van der Waals surface area contributed by atoms with Crippen molar-refractivity contribution < 1.29 is 18.7 Å². The van der Waals surface area contributed by atoms with Crippen LogP contribution in [-0.4, -0.2) is 20.0 Å². The van der Waals surface area contributed by atoms with Gasteiger partial charge in [-0.3, -0.25) is 4.79 Å². The van der Waals surface area contributed by atoms with E-state index in [9.17, 15) is 14.4 Å². The molecule has 2 aromatic carbocycles. The summed E-state index contributed by atoms with van der Waals surface area (Å²) < 4.78 is 24.0. The van der Waals surface area contributed by atoms with Crippen LogP contribution in [0.5, 0.6) is 11.5 Å². The number of allylic oxidation sites excluding steroid dienone is 1. The van der Waals surface area contributed by atoms with Crippen LogP contribution < -0.4 is 9.47 Å². The van der Waals surface area contributed by atoms with Gasteiger partial charge in [-0.15, -0.1) is 0 Å². The number of Topliss-reactive ketones (excluding diaryl/α,β-unsaturated/α-hetero) is 1. The van der Waals surface area contributed by atoms with E-state index in [1.54, 1.807) is 24.3 Å². The van der Waals surface area contributed by atoms with Crippen LogP contribution in [-0.2, 0) is 0 Å². The Morgan fingerprint density at radius 1 is 1.13 bits per heavy atom. The van der Waals surface area contributed by atoms with Crippen molar-refractivity contribution in [2.75, 3.05) is 14.2 Å². The molecular formula is C18H14FNO3. The Kier molecular flexibility index (Phi) is 5.11. The number of nitrogens with zero attached hydrogens (tertiary/aromatic N) is 1. The van der Waals surface area contributed by atoms with Gasteiger partial charge in [-0.2, -0.15) is 5.26 Å². The largest absolute Gasteiger partial charge is 0.493 e. The zero-order chi connectivity index (χ0) is 16.8. The third kappa shape index (κ3) is 3.55. The molecule has 0 aromatic heterocycles. The second-order valence-corrected chi connectivity index (χ2v) is 4.59. The Morgan fingerprint density at radius 2 is 1.83 bits per heavy atom. The first kappa shape index (κ1) is 16.2. The van der Waals surface area contributed by atoms with E-state index in [-0.39, 0.29) is 11.1 Å². The van der Waals surface area contributed by atoms with Gasteiger partial charge < -0.3 is 9.47 Å². The zero-order valence-electron chi connectivity index (χ0n) is 12.7. The van der Waals surface area contributed by atoms with E-state index < -0.39 is 11.6 Å². The van der Waals surface area contributed by atoms with Crippen LogP contribution in [0.15, 0.2) is 48.0 Å². The number of methoxy groups -OCH3 is 2. The molecule has 4 nitrogen and oxygen atoms in total. The second-order valence-electron chi connectivity index (χ2n) is 4.59. The standard InChI is InChI=1S/C18H14FNO3/c1-22-16-8-7-12(10-17(16)23-2)9-13(11-20)18(21)14-5-3-4-6-15(14)19/h3-10H,1-2H3/b13-9+. The minimum Gasteiger partial charge on any atom is -0.493 e. The van der Waals surface area contributed by atoms with Crippen LogP contribution >= 0.6 is 0 Å². The molecule has 5 heteroatoms. The number of carbonyl (C=O) groups is 1. The van der Waals surface area contributed by atoms with Crippen molar-refractivity contribution in [2.24, 2.45) is 0 Å². The van der Waals surface area contributed by atoms with E-state index in [2.05, 4.69) is 0 Å². The van der Waals surface area contributed by atoms with Crippen LogP contribution in [0, 0.1) is 17.1 Å². The summed E-state index contributed by atoms with van der Waals surface area (Å²) in [6.07, 6.45) is 1.39. The molecule has 0 aliphatic carbocycles. The molecule has 0 unspecified atom stereocenters. The monoisotopic (exact) mass is 311 g/mol. The van der Waals surface area contributed by atoms with Gasteiger partial charge in [0.1, 0.15) is 17.5 Å². The summed E-state index contributed by atoms with van der Waals surface area (Å²) in [5.74, 6) is -0.327. The van der Waals surface area contributed by atoms with E-state index in [1.165, 1.54) is 38.5 Å². The van der Waals surface area contributed by atoms with Gasteiger partial charge in [0.05, 0.1) is 19.8 Å². The van der Waals surface area contributed by atoms with E-state index in [1.807, 2.05) is 6.07 Å². The Labute approximate surface area is 133 Å². The third-order valence-electron chi connectivity index (χ3n) is 3.20. The van der Waals surface area contributed by atoms with Crippen molar-refractivity contribution in [1.29, 1.82) is 5.26 Å². The van der Waals surface area contributed by atoms with Crippen molar-refractivity contribution in [1.82, 2.24) is 0 Å². The van der Waals surface area contributed by atoms with Gasteiger partial charge in [-0.1, -0.05) is 18.2 Å². The molecule has 0 N–H and O–H groups in total. The van der Waals surface area contributed by atoms with Crippen molar-refractivity contribution in [3.63, 3.8) is 0 Å². The summed E-state index contributed by atoms with van der Waals surface area (Å²) in [5, 5.41) is 9.22. The average Bonchev–Trinajstić information content (AvgIpc) is 2.59. The predicted molar refractivity (Wildman–Crippen MR) is 83.9 cm³/mol. The van der Waals surface area contributed by atoms with E-state index in [0.29, 0.717) is 17.1 Å². The minimum atomic E-state index is -0.666. The maximum absolute atomic E-state index is 13.7. The average molecular weight is 311 g/mol. The van der Waals surface area contributed by atoms with Gasteiger partial charge in [0.2, 0.25) is 5.78 Å². The van der Waals surface area contributed by atoms with Crippen LogP contribution in [0.1, 0.15) is 15.9 Å². The summed E-state index contributed by atoms with van der Waals surface area (Å²) in [7, 11) is 3.00. The molecule has 23 heavy (non-hydrogen) atoms. The number of hydrogen-bond acceptors (Lipinski definition) is 4. The number of hydrogen-bond donors (Lipinski definition) is 0. The second kappa shape index (κ2) is 7.23. The van der Waals surface area contributed by atoms with Gasteiger partial charge >= 0.3 is 0 Å². The number of carbonyl (C=O) groups excluding carboxylic acids is 1. The third-order valence-corrected chi connectivity index (χ3v) is 3.20. The predicted octanol–water partition coefficient (Wildman–Crippen LogP) is 3.63. The highest BCUT2D eigenvalue weighted by atomic mass is 19.1. The fourth-order valence-corrected chi connectivity index (χ4v) is 2.05. The van der Waals surface area contributed by atoms with Crippen molar-refractivity contribution in [3.8, 4) is 17.6 Å². The minimum absolute atomic E-state index is 0.138. The first-order chi connectivity index (χ1) is 11.1. The van der Waals surface area contributed by atoms with Gasteiger partial charge in [0.25, 0.3) is 0 Å². The molecule has 116 valence electrons. The highest BCUT2D eigenvalue weighted by Crippen LogP contribution is 2.28. The SMILES string of the molecule is COc1ccc(/C=C(\C#N)C(=O)c2ccccc2F)cc1OC.